The molecule has 40 nitrogen and oxygen atoms in total. The molecular weight excluding hydrogens is 1470 g/mol. The van der Waals surface area contributed by atoms with Crippen LogP contribution in [-0.2, 0) is 91.5 Å². The number of hydrogen-bond acceptors (Lipinski definition) is 34. The van der Waals surface area contributed by atoms with Crippen LogP contribution in [0.15, 0.2) is 30.5 Å². The highest BCUT2D eigenvalue weighted by Gasteiger charge is 2.49. The number of aliphatic hydroxyl groups is 12. The molecule has 40 heteroatoms. The summed E-state index contributed by atoms with van der Waals surface area (Å²) in [5, 5.41) is 160. The molecule has 3 aromatic rings. The molecule has 1 unspecified atom stereocenters. The molecule has 17 N–H and O–H groups in total. The maximum atomic E-state index is 12.0. The molecule has 8 rings (SSSR count). The van der Waals surface area contributed by atoms with E-state index < -0.39 is 167 Å². The molecule has 8 heterocycles. The minimum absolute atomic E-state index is 0.0349. The number of carbonyl (C=O) groups is 3. The van der Waals surface area contributed by atoms with E-state index in [0.717, 1.165) is 93.4 Å². The third-order valence-corrected chi connectivity index (χ3v) is 20.8. The van der Waals surface area contributed by atoms with E-state index in [9.17, 15) is 75.7 Å². The van der Waals surface area contributed by atoms with Crippen LogP contribution in [0.3, 0.4) is 0 Å². The van der Waals surface area contributed by atoms with Crippen LogP contribution in [0.5, 0.6) is 0 Å². The number of ether oxygens (including phenoxy) is 8. The molecule has 0 aliphatic carbocycles. The molecule has 0 radical (unpaired) electrons. The molecule has 4 fully saturated rings. The lowest BCUT2D eigenvalue weighted by Gasteiger charge is -2.42. The smallest absolute Gasteiger partial charge is 0.217 e. The van der Waals surface area contributed by atoms with Crippen LogP contribution in [0.4, 0.5) is 0 Å². The number of hydrazine groups is 2. The minimum atomic E-state index is -1.42. The molecule has 21 atom stereocenters. The number of amides is 3. The number of nitrogens with zero attached hydrogens (tertiary/aromatic N) is 12. The van der Waals surface area contributed by atoms with Gasteiger partial charge >= 0.3 is 0 Å². The van der Waals surface area contributed by atoms with Gasteiger partial charge in [-0.2, -0.15) is 0 Å². The summed E-state index contributed by atoms with van der Waals surface area (Å²) < 4.78 is 52.2. The van der Waals surface area contributed by atoms with Gasteiger partial charge in [-0.25, -0.2) is 0 Å². The number of nitrogens with one attached hydrogen (secondary N) is 5. The number of aryl methyl sites for hydroxylation is 3. The van der Waals surface area contributed by atoms with Gasteiger partial charge in [0.05, 0.1) is 55.3 Å². The van der Waals surface area contributed by atoms with E-state index in [1.165, 1.54) is 20.8 Å². The first kappa shape index (κ1) is 91.8. The van der Waals surface area contributed by atoms with Crippen molar-refractivity contribution < 1.29 is 114 Å². The van der Waals surface area contributed by atoms with Gasteiger partial charge in [0.2, 0.25) is 17.7 Å². The monoisotopic (exact) mass is 1600 g/mol. The van der Waals surface area contributed by atoms with Crippen molar-refractivity contribution in [1.29, 1.82) is 0 Å². The van der Waals surface area contributed by atoms with Gasteiger partial charge in [0.1, 0.15) is 85.3 Å². The summed E-state index contributed by atoms with van der Waals surface area (Å²) in [6, 6.07) is -3.05. The van der Waals surface area contributed by atoms with Crippen molar-refractivity contribution in [3.05, 3.63) is 47.6 Å². The normalized spacial score (nSPS) is 29.4. The van der Waals surface area contributed by atoms with Gasteiger partial charge in [-0.1, -0.05) is 49.8 Å². The lowest BCUT2D eigenvalue weighted by atomic mass is 9.82. The molecule has 0 saturated carbocycles. The molecule has 638 valence electrons. The Kier molecular flexibility index (Phi) is 37.9. The third kappa shape index (κ3) is 28.0. The zero-order valence-electron chi connectivity index (χ0n) is 65.8. The first-order chi connectivity index (χ1) is 53.7. The molecule has 4 saturated heterocycles. The summed E-state index contributed by atoms with van der Waals surface area (Å²) in [7, 11) is 0. The Bertz CT molecular complexity index is 3140. The predicted octanol–water partition coefficient (Wildman–Crippen LogP) is -3.63. The van der Waals surface area contributed by atoms with E-state index in [1.807, 2.05) is 37.6 Å². The summed E-state index contributed by atoms with van der Waals surface area (Å²) >= 11 is 0. The highest BCUT2D eigenvalue weighted by Crippen LogP contribution is 2.33. The maximum absolute atomic E-state index is 12.0. The minimum Gasteiger partial charge on any atom is -0.394 e. The Morgan fingerprint density at radius 1 is 0.473 bits per heavy atom. The fraction of sp³-hybridized carbons (Fsp3) is 0.847. The zero-order valence-corrected chi connectivity index (χ0v) is 65.8. The summed E-state index contributed by atoms with van der Waals surface area (Å²) in [6.07, 6.45) is 0.106. The van der Waals surface area contributed by atoms with Crippen LogP contribution >= 0.6 is 0 Å². The van der Waals surface area contributed by atoms with Crippen LogP contribution < -0.4 is 26.9 Å². The first-order valence-corrected chi connectivity index (χ1v) is 39.6. The summed E-state index contributed by atoms with van der Waals surface area (Å²) in [6.45, 7) is 16.4. The second-order valence-electron chi connectivity index (χ2n) is 31.1. The SMILES string of the molecule is CC(=O)N[C@H]1[C@H](OCCCCCN2C=C(CN(Cc3cn(CCCCCO[C@@H]4O[C@H](CO)[C@H](O)[C@H](O)[C@H]4C)nn3)C(CCCCN(Cc3cn(CCCCCO[C@@H]4O[C@H](CO)[C@H](O)[C@H](O)[C@H]4NC(C)=O)nn3)Cc3cn(CCCCCO[C@@H]4O[C@H](CO)[C@H](O)[C@H](O)[C@H]4NC(C)=O)nn3)C(C)(C)C)NN2)O[C@H](CO)[C@H](O)[C@@H]1O. The van der Waals surface area contributed by atoms with Gasteiger partial charge in [0, 0.05) is 136 Å². The molecule has 5 aliphatic rings. The van der Waals surface area contributed by atoms with E-state index >= 15 is 0 Å². The van der Waals surface area contributed by atoms with Crippen molar-refractivity contribution in [3.8, 4) is 0 Å². The fourth-order valence-corrected chi connectivity index (χ4v) is 14.6. The predicted molar refractivity (Wildman–Crippen MR) is 395 cm³/mol. The fourth-order valence-electron chi connectivity index (χ4n) is 14.6. The van der Waals surface area contributed by atoms with Gasteiger partial charge < -0.3 is 121 Å². The second kappa shape index (κ2) is 46.3. The molecule has 5 aliphatic heterocycles. The van der Waals surface area contributed by atoms with Gasteiger partial charge in [0.15, 0.2) is 25.2 Å². The van der Waals surface area contributed by atoms with E-state index in [-0.39, 0.29) is 31.3 Å². The van der Waals surface area contributed by atoms with Gasteiger partial charge in [-0.05, 0) is 102 Å². The molecule has 3 amide bonds. The molecule has 3 aromatic heterocycles. The Morgan fingerprint density at radius 2 is 0.830 bits per heavy atom. The highest BCUT2D eigenvalue weighted by molar-refractivity contribution is 5.74. The average molecular weight is 1600 g/mol. The average Bonchev–Trinajstić information content (AvgIpc) is 1.59. The summed E-state index contributed by atoms with van der Waals surface area (Å²) in [5.41, 5.74) is 9.76. The maximum Gasteiger partial charge on any atom is 0.217 e. The van der Waals surface area contributed by atoms with E-state index in [2.05, 4.69) is 89.5 Å². The molecule has 0 aromatic carbocycles. The molecule has 0 spiro atoms. The van der Waals surface area contributed by atoms with Crippen LogP contribution in [0.1, 0.15) is 162 Å². The summed E-state index contributed by atoms with van der Waals surface area (Å²) in [5.74, 6) is -1.79. The first-order valence-electron chi connectivity index (χ1n) is 39.6. The van der Waals surface area contributed by atoms with Crippen molar-refractivity contribution >= 4 is 17.7 Å². The second-order valence-corrected chi connectivity index (χ2v) is 31.1. The molecule has 0 bridgehead atoms. The summed E-state index contributed by atoms with van der Waals surface area (Å²) in [4.78, 5) is 40.6. The van der Waals surface area contributed by atoms with Gasteiger partial charge in [-0.3, -0.25) is 43.2 Å². The van der Waals surface area contributed by atoms with Crippen LogP contribution in [0.2, 0.25) is 0 Å². The number of rotatable bonds is 49. The quantitative estimate of drug-likeness (QED) is 0.0243. The molecule has 112 heavy (non-hydrogen) atoms. The number of carbonyl (C=O) groups excluding carboxylic acids is 3. The standard InChI is InChI=1S/C72H127N17O23/c1-44-60(97)61(98)52(40-90)109-68(44)105-28-18-8-13-26-88-38-50(78-82-88)34-85(35-51-39-89(83-79-51)27-16-11-21-31-108-71-59(75-47(4)96)67(104)64(101)55(43-93)112-71)56(72(5,6)7)22-12-17-23-84(32-48-36-86(80-76-48)24-14-9-19-29-106-69-57(73-45(2)94)65(102)62(99)53(41-91)110-69)33-49-37-87(81-77-49)25-15-10-20-30-107-70-58(74-46(3)95)66(103)63(100)54(42-92)111-70/h36-39,44,52-71,79,83,90-93,97-104H,8-35,40-43H2,1-7H3,(H,73,94)(H,74,95)(H,75,96)/t44-,52-,53-,54-,55-,56?,57-,58-,59-,60-,61+,62+,63+,64+,65-,66-,67-,68-,69-,70-,71-/m1/s1. The van der Waals surface area contributed by atoms with Crippen LogP contribution in [0.25, 0.3) is 0 Å². The Balaban J connectivity index is 0.894. The van der Waals surface area contributed by atoms with E-state index in [1.54, 1.807) is 6.92 Å². The zero-order chi connectivity index (χ0) is 81.0. The van der Waals surface area contributed by atoms with Crippen LogP contribution in [-0.4, -0.2) is 334 Å². The number of hydrogen-bond donors (Lipinski definition) is 17. The lowest BCUT2D eigenvalue weighted by molar-refractivity contribution is -0.282. The Morgan fingerprint density at radius 3 is 1.21 bits per heavy atom. The van der Waals surface area contributed by atoms with Crippen LogP contribution in [0, 0.1) is 11.3 Å². The van der Waals surface area contributed by atoms with Crippen molar-refractivity contribution in [1.82, 2.24) is 86.7 Å². The number of aliphatic hydroxyl groups excluding tert-OH is 12. The van der Waals surface area contributed by atoms with Crippen molar-refractivity contribution in [3.63, 3.8) is 0 Å². The van der Waals surface area contributed by atoms with Crippen molar-refractivity contribution in [2.75, 3.05) is 72.5 Å². The largest absolute Gasteiger partial charge is 0.394 e. The van der Waals surface area contributed by atoms with Gasteiger partial charge in [0.25, 0.3) is 0 Å². The highest BCUT2D eigenvalue weighted by atomic mass is 16.7. The van der Waals surface area contributed by atoms with Gasteiger partial charge in [-0.15, -0.1) is 20.8 Å². The van der Waals surface area contributed by atoms with Crippen molar-refractivity contribution in [2.45, 2.75) is 307 Å². The lowest BCUT2D eigenvalue weighted by Crippen LogP contribution is -2.64. The molecular formula is C72H127N17O23. The number of aromatic nitrogens is 9. The third-order valence-electron chi connectivity index (χ3n) is 20.8. The van der Waals surface area contributed by atoms with Crippen molar-refractivity contribution in [2.24, 2.45) is 11.3 Å². The van der Waals surface area contributed by atoms with E-state index in [4.69, 9.17) is 43.0 Å². The Hall–Kier alpha value is -5.75. The number of unbranched alkanes of at least 4 members (excludes halogenated alkanes) is 9. The Labute approximate surface area is 653 Å². The van der Waals surface area contributed by atoms with E-state index in [0.29, 0.717) is 91.2 Å². The topological polar surface area (TPSA) is 530 Å².